The maximum Gasteiger partial charge on any atom is 0.161 e. The number of carbonyl (C=O) groups excluding carboxylic acids is 1. The van der Waals surface area contributed by atoms with Crippen LogP contribution in [0.4, 0.5) is 5.69 Å². The second-order valence-electron chi connectivity index (χ2n) is 6.14. The van der Waals surface area contributed by atoms with Crippen LogP contribution in [0, 0.1) is 0 Å². The van der Waals surface area contributed by atoms with Crippen LogP contribution < -0.4 is 19.1 Å². The lowest BCUT2D eigenvalue weighted by Gasteiger charge is -2.39. The van der Waals surface area contributed by atoms with E-state index < -0.39 is 0 Å². The largest absolute Gasteiger partial charge is 0.497 e. The van der Waals surface area contributed by atoms with Crippen LogP contribution in [0.2, 0.25) is 0 Å². The van der Waals surface area contributed by atoms with Crippen molar-refractivity contribution >= 4 is 12.0 Å². The third kappa shape index (κ3) is 3.12. The Morgan fingerprint density at radius 2 is 1.73 bits per heavy atom. The standard InChI is InChI=1S/C21H23NO4/c1-14(13-23)21-18-12-20(26-4)19(25-3)11-15(18)9-10-22(21)16-5-7-17(24-2)8-6-16/h5-8,11-13,21H,1,9-10H2,2-4H3. The van der Waals surface area contributed by atoms with E-state index in [4.69, 9.17) is 14.2 Å². The fourth-order valence-corrected chi connectivity index (χ4v) is 3.46. The minimum atomic E-state index is -0.246. The second kappa shape index (κ2) is 7.52. The van der Waals surface area contributed by atoms with Crippen molar-refractivity contribution in [1.29, 1.82) is 0 Å². The number of ether oxygens (including phenoxy) is 3. The molecule has 0 aromatic heterocycles. The molecule has 0 N–H and O–H groups in total. The van der Waals surface area contributed by atoms with Crippen LogP contribution in [0.5, 0.6) is 17.2 Å². The summed E-state index contributed by atoms with van der Waals surface area (Å²) < 4.78 is 16.1. The van der Waals surface area contributed by atoms with E-state index in [1.807, 2.05) is 36.4 Å². The normalized spacial score (nSPS) is 15.8. The van der Waals surface area contributed by atoms with Crippen molar-refractivity contribution in [3.8, 4) is 17.2 Å². The fraction of sp³-hybridized carbons (Fsp3) is 0.286. The van der Waals surface area contributed by atoms with E-state index in [1.165, 1.54) is 0 Å². The average molecular weight is 353 g/mol. The zero-order valence-electron chi connectivity index (χ0n) is 15.3. The summed E-state index contributed by atoms with van der Waals surface area (Å²) in [5.74, 6) is 2.13. The lowest BCUT2D eigenvalue weighted by molar-refractivity contribution is -0.105. The molecule has 1 unspecified atom stereocenters. The Hall–Kier alpha value is -2.95. The Bertz CT molecular complexity index is 814. The van der Waals surface area contributed by atoms with E-state index in [-0.39, 0.29) is 6.04 Å². The second-order valence-corrected chi connectivity index (χ2v) is 6.14. The summed E-state index contributed by atoms with van der Waals surface area (Å²) in [4.78, 5) is 13.8. The number of rotatable bonds is 6. The van der Waals surface area contributed by atoms with Crippen molar-refractivity contribution in [2.75, 3.05) is 32.8 Å². The number of fused-ring (bicyclic) bond motifs is 1. The monoisotopic (exact) mass is 353 g/mol. The van der Waals surface area contributed by atoms with Crippen LogP contribution in [0.3, 0.4) is 0 Å². The zero-order chi connectivity index (χ0) is 18.7. The van der Waals surface area contributed by atoms with Gasteiger partial charge in [0.2, 0.25) is 0 Å². The molecule has 2 aromatic rings. The molecule has 0 spiro atoms. The molecule has 0 amide bonds. The van der Waals surface area contributed by atoms with Gasteiger partial charge in [0.1, 0.15) is 12.0 Å². The Morgan fingerprint density at radius 1 is 1.08 bits per heavy atom. The molecular weight excluding hydrogens is 330 g/mol. The predicted molar refractivity (Wildman–Crippen MR) is 102 cm³/mol. The highest BCUT2D eigenvalue weighted by Crippen LogP contribution is 2.42. The van der Waals surface area contributed by atoms with Crippen molar-refractivity contribution < 1.29 is 19.0 Å². The van der Waals surface area contributed by atoms with Gasteiger partial charge in [0.25, 0.3) is 0 Å². The molecule has 5 heteroatoms. The van der Waals surface area contributed by atoms with Gasteiger partial charge in [-0.3, -0.25) is 4.79 Å². The smallest absolute Gasteiger partial charge is 0.161 e. The van der Waals surface area contributed by atoms with Crippen molar-refractivity contribution in [1.82, 2.24) is 0 Å². The van der Waals surface area contributed by atoms with Crippen LogP contribution in [-0.4, -0.2) is 34.2 Å². The van der Waals surface area contributed by atoms with Gasteiger partial charge in [-0.2, -0.15) is 0 Å². The molecule has 5 nitrogen and oxygen atoms in total. The molecule has 0 bridgehead atoms. The lowest BCUT2D eigenvalue weighted by Crippen LogP contribution is -2.36. The van der Waals surface area contributed by atoms with Crippen LogP contribution in [0.1, 0.15) is 17.2 Å². The molecule has 0 saturated carbocycles. The summed E-state index contributed by atoms with van der Waals surface area (Å²) in [6.45, 7) is 4.77. The molecule has 1 heterocycles. The van der Waals surface area contributed by atoms with Crippen molar-refractivity contribution in [3.05, 3.63) is 59.7 Å². The number of anilines is 1. The van der Waals surface area contributed by atoms with Crippen LogP contribution in [0.25, 0.3) is 0 Å². The van der Waals surface area contributed by atoms with E-state index in [1.54, 1.807) is 21.3 Å². The van der Waals surface area contributed by atoms with E-state index in [2.05, 4.69) is 11.5 Å². The van der Waals surface area contributed by atoms with Crippen LogP contribution >= 0.6 is 0 Å². The minimum absolute atomic E-state index is 0.246. The molecule has 2 aromatic carbocycles. The molecule has 0 saturated heterocycles. The van der Waals surface area contributed by atoms with Gasteiger partial charge in [-0.05, 0) is 53.9 Å². The van der Waals surface area contributed by atoms with Gasteiger partial charge >= 0.3 is 0 Å². The Morgan fingerprint density at radius 3 is 2.31 bits per heavy atom. The number of aldehydes is 1. The molecule has 1 aliphatic heterocycles. The first-order valence-corrected chi connectivity index (χ1v) is 8.42. The number of nitrogens with zero attached hydrogens (tertiary/aromatic N) is 1. The average Bonchev–Trinajstić information content (AvgIpc) is 2.71. The van der Waals surface area contributed by atoms with Crippen molar-refractivity contribution in [2.24, 2.45) is 0 Å². The molecule has 0 fully saturated rings. The highest BCUT2D eigenvalue weighted by Gasteiger charge is 2.31. The van der Waals surface area contributed by atoms with Gasteiger partial charge in [-0.1, -0.05) is 6.58 Å². The quantitative estimate of drug-likeness (QED) is 0.587. The van der Waals surface area contributed by atoms with Gasteiger partial charge in [0.05, 0.1) is 27.4 Å². The molecular formula is C21H23NO4. The minimum Gasteiger partial charge on any atom is -0.497 e. The van der Waals surface area contributed by atoms with Crippen LogP contribution in [0.15, 0.2) is 48.6 Å². The van der Waals surface area contributed by atoms with Gasteiger partial charge in [0.15, 0.2) is 11.5 Å². The summed E-state index contributed by atoms with van der Waals surface area (Å²) in [7, 11) is 4.87. The molecule has 26 heavy (non-hydrogen) atoms. The molecule has 1 atom stereocenters. The van der Waals surface area contributed by atoms with Gasteiger partial charge in [-0.25, -0.2) is 0 Å². The summed E-state index contributed by atoms with van der Waals surface area (Å²) in [5, 5.41) is 0. The number of hydrogen-bond donors (Lipinski definition) is 0. The summed E-state index contributed by atoms with van der Waals surface area (Å²) in [5.41, 5.74) is 3.68. The van der Waals surface area contributed by atoms with E-state index in [0.29, 0.717) is 17.1 Å². The summed E-state index contributed by atoms with van der Waals surface area (Å²) >= 11 is 0. The Balaban J connectivity index is 2.08. The third-order valence-electron chi connectivity index (χ3n) is 4.78. The first-order valence-electron chi connectivity index (χ1n) is 8.42. The van der Waals surface area contributed by atoms with E-state index >= 15 is 0 Å². The van der Waals surface area contributed by atoms with E-state index in [9.17, 15) is 4.79 Å². The first kappa shape index (κ1) is 17.9. The SMILES string of the molecule is C=C(C=O)C1c2cc(OC)c(OC)cc2CCN1c1ccc(OC)cc1. The topological polar surface area (TPSA) is 48.0 Å². The molecule has 1 aliphatic rings. The highest BCUT2D eigenvalue weighted by molar-refractivity contribution is 5.78. The van der Waals surface area contributed by atoms with E-state index in [0.717, 1.165) is 41.8 Å². The Labute approximate surface area is 153 Å². The Kier molecular flexibility index (Phi) is 5.16. The number of benzene rings is 2. The number of carbonyl (C=O) groups is 1. The van der Waals surface area contributed by atoms with Crippen molar-refractivity contribution in [2.45, 2.75) is 12.5 Å². The molecule has 0 radical (unpaired) electrons. The number of hydrogen-bond acceptors (Lipinski definition) is 5. The third-order valence-corrected chi connectivity index (χ3v) is 4.78. The number of methoxy groups -OCH3 is 3. The molecule has 136 valence electrons. The van der Waals surface area contributed by atoms with Gasteiger partial charge < -0.3 is 19.1 Å². The van der Waals surface area contributed by atoms with Crippen molar-refractivity contribution in [3.63, 3.8) is 0 Å². The zero-order valence-corrected chi connectivity index (χ0v) is 15.3. The predicted octanol–water partition coefficient (Wildman–Crippen LogP) is 3.57. The van der Waals surface area contributed by atoms with Gasteiger partial charge in [0, 0.05) is 17.8 Å². The maximum atomic E-state index is 11.6. The first-order chi connectivity index (χ1) is 12.6. The maximum absolute atomic E-state index is 11.6. The molecule has 0 aliphatic carbocycles. The summed E-state index contributed by atoms with van der Waals surface area (Å²) in [6, 6.07) is 11.5. The molecule has 3 rings (SSSR count). The lowest BCUT2D eigenvalue weighted by atomic mass is 9.88. The van der Waals surface area contributed by atoms with Crippen LogP contribution in [-0.2, 0) is 11.2 Å². The fourth-order valence-electron chi connectivity index (χ4n) is 3.46. The highest BCUT2D eigenvalue weighted by atomic mass is 16.5. The van der Waals surface area contributed by atoms with Gasteiger partial charge in [-0.15, -0.1) is 0 Å². The summed E-state index contributed by atoms with van der Waals surface area (Å²) in [6.07, 6.45) is 1.66.